The Morgan fingerprint density at radius 1 is 1.20 bits per heavy atom. The number of nitrogens with zero attached hydrogens (tertiary/aromatic N) is 2. The van der Waals surface area contributed by atoms with Gasteiger partial charge in [-0.3, -0.25) is 14.5 Å². The molecule has 2 amide bonds. The van der Waals surface area contributed by atoms with E-state index in [9.17, 15) is 9.59 Å². The van der Waals surface area contributed by atoms with E-state index in [1.807, 2.05) is 0 Å². The Labute approximate surface area is 120 Å². The van der Waals surface area contributed by atoms with Crippen molar-refractivity contribution < 1.29 is 9.59 Å². The van der Waals surface area contributed by atoms with E-state index in [1.54, 1.807) is 0 Å². The first-order chi connectivity index (χ1) is 9.66. The summed E-state index contributed by atoms with van der Waals surface area (Å²) in [5, 5.41) is 3.28. The Morgan fingerprint density at radius 3 is 2.55 bits per heavy atom. The fourth-order valence-electron chi connectivity index (χ4n) is 3.47. The van der Waals surface area contributed by atoms with Gasteiger partial charge in [-0.2, -0.15) is 0 Å². The van der Waals surface area contributed by atoms with Crippen LogP contribution in [0.4, 0.5) is 0 Å². The minimum atomic E-state index is -0.278. The third-order valence-electron chi connectivity index (χ3n) is 4.90. The zero-order valence-corrected chi connectivity index (χ0v) is 12.3. The van der Waals surface area contributed by atoms with Crippen molar-refractivity contribution in [3.8, 4) is 0 Å². The second kappa shape index (κ2) is 5.82. The molecule has 0 aromatic carbocycles. The standard InChI is InChI=1S/C15H25N3O2/c1-17(11-4-2-3-5-11)9-8-16-13-10-14(19)18(15(13)20)12-6-7-12/h11-13,16H,2-10H2,1H3. The summed E-state index contributed by atoms with van der Waals surface area (Å²) >= 11 is 0. The summed E-state index contributed by atoms with van der Waals surface area (Å²) in [5.74, 6) is 0.0140. The molecule has 20 heavy (non-hydrogen) atoms. The summed E-state index contributed by atoms with van der Waals surface area (Å²) in [5.41, 5.74) is 0. The molecule has 1 aliphatic heterocycles. The van der Waals surface area contributed by atoms with Gasteiger partial charge >= 0.3 is 0 Å². The molecule has 1 atom stereocenters. The third-order valence-corrected chi connectivity index (χ3v) is 4.90. The first-order valence-corrected chi connectivity index (χ1v) is 7.96. The Hall–Kier alpha value is -0.940. The molecule has 2 saturated carbocycles. The molecule has 5 nitrogen and oxygen atoms in total. The van der Waals surface area contributed by atoms with Crippen molar-refractivity contribution in [3.63, 3.8) is 0 Å². The van der Waals surface area contributed by atoms with Crippen LogP contribution in [0.15, 0.2) is 0 Å². The van der Waals surface area contributed by atoms with E-state index in [1.165, 1.54) is 30.6 Å². The minimum absolute atomic E-state index is 0.000944. The largest absolute Gasteiger partial charge is 0.304 e. The molecule has 0 aromatic rings. The lowest BCUT2D eigenvalue weighted by atomic mass is 10.2. The number of likely N-dealkylation sites (N-methyl/N-ethyl adjacent to an activating group) is 1. The van der Waals surface area contributed by atoms with Gasteiger partial charge in [0.05, 0.1) is 12.5 Å². The molecule has 1 N–H and O–H groups in total. The quantitative estimate of drug-likeness (QED) is 0.729. The van der Waals surface area contributed by atoms with E-state index in [-0.39, 0.29) is 23.9 Å². The van der Waals surface area contributed by atoms with E-state index in [2.05, 4.69) is 17.3 Å². The SMILES string of the molecule is CN(CCNC1CC(=O)N(C2CC2)C1=O)C1CCCC1. The molecular weight excluding hydrogens is 254 g/mol. The van der Waals surface area contributed by atoms with Crippen LogP contribution >= 0.6 is 0 Å². The zero-order valence-electron chi connectivity index (χ0n) is 12.3. The minimum Gasteiger partial charge on any atom is -0.304 e. The van der Waals surface area contributed by atoms with Crippen LogP contribution in [-0.4, -0.2) is 59.9 Å². The summed E-state index contributed by atoms with van der Waals surface area (Å²) in [6.45, 7) is 1.74. The summed E-state index contributed by atoms with van der Waals surface area (Å²) in [6, 6.07) is 0.642. The van der Waals surface area contributed by atoms with Crippen molar-refractivity contribution in [2.24, 2.45) is 0 Å². The van der Waals surface area contributed by atoms with Crippen LogP contribution < -0.4 is 5.32 Å². The number of carbonyl (C=O) groups is 2. The highest BCUT2D eigenvalue weighted by Gasteiger charge is 2.45. The summed E-state index contributed by atoms with van der Waals surface area (Å²) in [7, 11) is 2.16. The van der Waals surface area contributed by atoms with Crippen LogP contribution in [0.5, 0.6) is 0 Å². The van der Waals surface area contributed by atoms with Crippen LogP contribution in [0.25, 0.3) is 0 Å². The number of amides is 2. The van der Waals surface area contributed by atoms with Gasteiger partial charge in [-0.05, 0) is 32.7 Å². The maximum Gasteiger partial charge on any atom is 0.247 e. The number of hydrogen-bond acceptors (Lipinski definition) is 4. The van der Waals surface area contributed by atoms with E-state index < -0.39 is 0 Å². The molecule has 3 aliphatic rings. The molecule has 3 rings (SSSR count). The van der Waals surface area contributed by atoms with Crippen molar-refractivity contribution in [3.05, 3.63) is 0 Å². The van der Waals surface area contributed by atoms with Gasteiger partial charge in [0.2, 0.25) is 11.8 Å². The van der Waals surface area contributed by atoms with Gasteiger partial charge in [0, 0.05) is 25.2 Å². The first kappa shape index (κ1) is 14.0. The van der Waals surface area contributed by atoms with Crippen LogP contribution in [0.3, 0.4) is 0 Å². The fourth-order valence-corrected chi connectivity index (χ4v) is 3.47. The van der Waals surface area contributed by atoms with Gasteiger partial charge in [0.15, 0.2) is 0 Å². The molecule has 3 fully saturated rings. The van der Waals surface area contributed by atoms with Crippen molar-refractivity contribution in [1.29, 1.82) is 0 Å². The Morgan fingerprint density at radius 2 is 1.90 bits per heavy atom. The Kier molecular flexibility index (Phi) is 4.08. The number of imide groups is 1. The summed E-state index contributed by atoms with van der Waals surface area (Å²) in [6.07, 6.45) is 7.62. The average molecular weight is 279 g/mol. The van der Waals surface area contributed by atoms with E-state index in [0.29, 0.717) is 12.5 Å². The lowest BCUT2D eigenvalue weighted by molar-refractivity contribution is -0.139. The topological polar surface area (TPSA) is 52.7 Å². The van der Waals surface area contributed by atoms with Crippen molar-refractivity contribution in [2.45, 2.75) is 63.1 Å². The number of likely N-dealkylation sites (tertiary alicyclic amines) is 1. The maximum atomic E-state index is 12.2. The molecule has 1 unspecified atom stereocenters. The lowest BCUT2D eigenvalue weighted by Gasteiger charge is -2.24. The molecule has 0 radical (unpaired) electrons. The van der Waals surface area contributed by atoms with Crippen LogP contribution in [-0.2, 0) is 9.59 Å². The van der Waals surface area contributed by atoms with E-state index in [0.717, 1.165) is 25.9 Å². The lowest BCUT2D eigenvalue weighted by Crippen LogP contribution is -2.43. The first-order valence-electron chi connectivity index (χ1n) is 7.96. The number of nitrogens with one attached hydrogen (secondary N) is 1. The van der Waals surface area contributed by atoms with E-state index >= 15 is 0 Å². The Bertz CT molecular complexity index is 389. The van der Waals surface area contributed by atoms with E-state index in [4.69, 9.17) is 0 Å². The van der Waals surface area contributed by atoms with Crippen LogP contribution in [0, 0.1) is 0 Å². The van der Waals surface area contributed by atoms with Gasteiger partial charge in [-0.25, -0.2) is 0 Å². The van der Waals surface area contributed by atoms with Crippen molar-refractivity contribution >= 4 is 11.8 Å². The second-order valence-electron chi connectivity index (χ2n) is 6.46. The molecule has 112 valence electrons. The molecule has 5 heteroatoms. The average Bonchev–Trinajstić information content (AvgIpc) is 3.01. The molecule has 1 saturated heterocycles. The smallest absolute Gasteiger partial charge is 0.247 e. The van der Waals surface area contributed by atoms with Crippen LogP contribution in [0.2, 0.25) is 0 Å². The zero-order chi connectivity index (χ0) is 14.1. The molecule has 0 spiro atoms. The molecular formula is C15H25N3O2. The predicted molar refractivity (Wildman–Crippen MR) is 76.2 cm³/mol. The predicted octanol–water partition coefficient (Wildman–Crippen LogP) is 0.740. The van der Waals surface area contributed by atoms with Crippen molar-refractivity contribution in [1.82, 2.24) is 15.1 Å². The number of carbonyl (C=O) groups excluding carboxylic acids is 2. The van der Waals surface area contributed by atoms with Gasteiger partial charge in [-0.1, -0.05) is 12.8 Å². The number of rotatable bonds is 6. The fraction of sp³-hybridized carbons (Fsp3) is 0.867. The molecule has 0 bridgehead atoms. The van der Waals surface area contributed by atoms with Gasteiger partial charge in [0.1, 0.15) is 0 Å². The molecule has 1 heterocycles. The second-order valence-corrected chi connectivity index (χ2v) is 6.46. The van der Waals surface area contributed by atoms with Gasteiger partial charge < -0.3 is 10.2 Å². The number of hydrogen-bond donors (Lipinski definition) is 1. The third kappa shape index (κ3) is 2.88. The highest BCUT2D eigenvalue weighted by Crippen LogP contribution is 2.31. The normalized spacial score (nSPS) is 28.1. The van der Waals surface area contributed by atoms with Crippen LogP contribution in [0.1, 0.15) is 44.9 Å². The van der Waals surface area contributed by atoms with Crippen molar-refractivity contribution in [2.75, 3.05) is 20.1 Å². The summed E-state index contributed by atoms with van der Waals surface area (Å²) < 4.78 is 0. The maximum absolute atomic E-state index is 12.2. The highest BCUT2D eigenvalue weighted by atomic mass is 16.2. The summed E-state index contributed by atoms with van der Waals surface area (Å²) in [4.78, 5) is 27.9. The highest BCUT2D eigenvalue weighted by molar-refractivity contribution is 6.06. The van der Waals surface area contributed by atoms with Gasteiger partial charge in [0.25, 0.3) is 0 Å². The van der Waals surface area contributed by atoms with Gasteiger partial charge in [-0.15, -0.1) is 0 Å². The Balaban J connectivity index is 1.42. The molecule has 2 aliphatic carbocycles. The molecule has 0 aromatic heterocycles. The monoisotopic (exact) mass is 279 g/mol.